The van der Waals surface area contributed by atoms with Gasteiger partial charge < -0.3 is 5.11 Å². The third-order valence-electron chi connectivity index (χ3n) is 3.46. The number of hydrogen-bond donors (Lipinski definition) is 1. The van der Waals surface area contributed by atoms with E-state index in [1.165, 1.54) is 24.3 Å². The first kappa shape index (κ1) is 17.4. The number of aromatic hydroxyl groups is 1. The largest absolute Gasteiger partial charge is 0.507 e. The first-order valence-corrected chi connectivity index (χ1v) is 7.83. The van der Waals surface area contributed by atoms with Crippen LogP contribution < -0.4 is 0 Å². The Balaban J connectivity index is 2.37. The molecule has 0 saturated carbocycles. The summed E-state index contributed by atoms with van der Waals surface area (Å²) in [6.45, 7) is 1.86. The smallest absolute Gasteiger partial charge is 0.224 e. The van der Waals surface area contributed by atoms with Gasteiger partial charge in [-0.15, -0.1) is 0 Å². The van der Waals surface area contributed by atoms with E-state index in [1.807, 2.05) is 25.9 Å². The van der Waals surface area contributed by atoms with Gasteiger partial charge >= 0.3 is 0 Å². The zero-order valence-corrected chi connectivity index (χ0v) is 13.8. The van der Waals surface area contributed by atoms with Crippen LogP contribution in [-0.2, 0) is 0 Å². The summed E-state index contributed by atoms with van der Waals surface area (Å²) in [5, 5.41) is 9.53. The highest BCUT2D eigenvalue weighted by molar-refractivity contribution is 8.14. The van der Waals surface area contributed by atoms with Crippen LogP contribution in [0.3, 0.4) is 0 Å². The molecule has 0 aliphatic rings. The fourth-order valence-electron chi connectivity index (χ4n) is 1.91. The predicted octanol–water partition coefficient (Wildman–Crippen LogP) is 4.12. The van der Waals surface area contributed by atoms with Crippen molar-refractivity contribution in [3.8, 4) is 16.9 Å². The average Bonchev–Trinajstić information content (AvgIpc) is 2.48. The van der Waals surface area contributed by atoms with E-state index in [0.717, 1.165) is 23.9 Å². The van der Waals surface area contributed by atoms with Gasteiger partial charge in [0, 0.05) is 11.6 Å². The maximum Gasteiger partial charge on any atom is 0.224 e. The third kappa shape index (κ3) is 4.09. The van der Waals surface area contributed by atoms with Gasteiger partial charge in [0.05, 0.1) is 10.9 Å². The molecule has 0 bridgehead atoms. The van der Waals surface area contributed by atoms with Crippen LogP contribution in [0.25, 0.3) is 11.1 Å². The Bertz CT molecular complexity index is 735. The first-order chi connectivity index (χ1) is 10.8. The van der Waals surface area contributed by atoms with Gasteiger partial charge in [-0.3, -0.25) is 9.69 Å². The summed E-state index contributed by atoms with van der Waals surface area (Å²) in [7, 11) is 3.68. The van der Waals surface area contributed by atoms with E-state index in [0.29, 0.717) is 5.56 Å². The number of hydrogen-bond acceptors (Lipinski definition) is 4. The molecule has 0 aromatic heterocycles. The van der Waals surface area contributed by atoms with E-state index < -0.39 is 11.6 Å². The summed E-state index contributed by atoms with van der Waals surface area (Å²) < 4.78 is 26.9. The molecular weight excluding hydrogens is 320 g/mol. The Morgan fingerprint density at radius 2 is 1.87 bits per heavy atom. The van der Waals surface area contributed by atoms with Crippen molar-refractivity contribution in [2.24, 2.45) is 0 Å². The van der Waals surface area contributed by atoms with Crippen molar-refractivity contribution in [3.05, 3.63) is 53.6 Å². The minimum atomic E-state index is -0.719. The standard InChI is InChI=1S/C17H17F2NO2S/c1-10(20(2)3)23-17(22)14-8-11(4-7-16(14)21)13-6-5-12(18)9-15(13)19/h4-10,21H,1-3H3/t10-/m0/s1. The van der Waals surface area contributed by atoms with Crippen molar-refractivity contribution in [2.45, 2.75) is 12.3 Å². The lowest BCUT2D eigenvalue weighted by Gasteiger charge is -2.18. The maximum absolute atomic E-state index is 13.9. The second kappa shape index (κ2) is 7.10. The van der Waals surface area contributed by atoms with Gasteiger partial charge in [0.15, 0.2) is 0 Å². The van der Waals surface area contributed by atoms with Crippen LogP contribution in [-0.4, -0.2) is 34.6 Å². The summed E-state index contributed by atoms with van der Waals surface area (Å²) in [5.41, 5.74) is 0.679. The van der Waals surface area contributed by atoms with Crippen LogP contribution >= 0.6 is 11.8 Å². The summed E-state index contributed by atoms with van der Waals surface area (Å²) in [4.78, 5) is 14.2. The number of carbonyl (C=O) groups is 1. The molecule has 1 N–H and O–H groups in total. The molecule has 3 nitrogen and oxygen atoms in total. The van der Waals surface area contributed by atoms with Crippen LogP contribution in [0.15, 0.2) is 36.4 Å². The molecule has 0 amide bonds. The fourth-order valence-corrected chi connectivity index (χ4v) is 2.73. The van der Waals surface area contributed by atoms with Crippen molar-refractivity contribution in [3.63, 3.8) is 0 Å². The molecule has 1 atom stereocenters. The van der Waals surface area contributed by atoms with Gasteiger partial charge in [-0.25, -0.2) is 8.78 Å². The quantitative estimate of drug-likeness (QED) is 0.852. The number of halogens is 2. The second-order valence-electron chi connectivity index (χ2n) is 5.32. The minimum Gasteiger partial charge on any atom is -0.507 e. The highest BCUT2D eigenvalue weighted by Gasteiger charge is 2.18. The first-order valence-electron chi connectivity index (χ1n) is 6.95. The molecule has 2 aromatic rings. The third-order valence-corrected chi connectivity index (χ3v) is 4.66. The fraction of sp³-hybridized carbons (Fsp3) is 0.235. The Morgan fingerprint density at radius 3 is 2.48 bits per heavy atom. The van der Waals surface area contributed by atoms with Gasteiger partial charge in [-0.1, -0.05) is 17.8 Å². The Morgan fingerprint density at radius 1 is 1.17 bits per heavy atom. The lowest BCUT2D eigenvalue weighted by molar-refractivity contribution is 0.108. The molecule has 0 radical (unpaired) electrons. The second-order valence-corrected chi connectivity index (χ2v) is 6.61. The molecule has 0 fully saturated rings. The topological polar surface area (TPSA) is 40.5 Å². The van der Waals surface area contributed by atoms with Crippen LogP contribution in [0, 0.1) is 11.6 Å². The molecule has 0 saturated heterocycles. The van der Waals surface area contributed by atoms with Crippen LogP contribution in [0.5, 0.6) is 5.75 Å². The summed E-state index contributed by atoms with van der Waals surface area (Å²) in [5.74, 6) is -1.56. The van der Waals surface area contributed by atoms with Gasteiger partial charge in [-0.05, 0) is 50.8 Å². The molecule has 2 aromatic carbocycles. The van der Waals surface area contributed by atoms with Crippen molar-refractivity contribution < 1.29 is 18.7 Å². The summed E-state index contributed by atoms with van der Waals surface area (Å²) in [6.07, 6.45) is 0. The van der Waals surface area contributed by atoms with Crippen LogP contribution in [0.1, 0.15) is 17.3 Å². The highest BCUT2D eigenvalue weighted by Crippen LogP contribution is 2.31. The lowest BCUT2D eigenvalue weighted by atomic mass is 10.0. The molecule has 0 unspecified atom stereocenters. The van der Waals surface area contributed by atoms with Gasteiger partial charge in [0.1, 0.15) is 17.4 Å². The average molecular weight is 337 g/mol. The Kier molecular flexibility index (Phi) is 5.38. The van der Waals surface area contributed by atoms with Gasteiger partial charge in [0.25, 0.3) is 0 Å². The zero-order chi connectivity index (χ0) is 17.1. The lowest BCUT2D eigenvalue weighted by Crippen LogP contribution is -2.22. The van der Waals surface area contributed by atoms with E-state index in [1.54, 1.807) is 0 Å². The summed E-state index contributed by atoms with van der Waals surface area (Å²) in [6, 6.07) is 7.49. The van der Waals surface area contributed by atoms with Crippen LogP contribution in [0.2, 0.25) is 0 Å². The van der Waals surface area contributed by atoms with Crippen LogP contribution in [0.4, 0.5) is 8.78 Å². The van der Waals surface area contributed by atoms with Crippen molar-refractivity contribution in [1.29, 1.82) is 0 Å². The number of thioether (sulfide) groups is 1. The zero-order valence-electron chi connectivity index (χ0n) is 13.0. The van der Waals surface area contributed by atoms with E-state index in [2.05, 4.69) is 0 Å². The van der Waals surface area contributed by atoms with E-state index in [-0.39, 0.29) is 27.4 Å². The number of nitrogens with zero attached hydrogens (tertiary/aromatic N) is 1. The normalized spacial score (nSPS) is 12.4. The van der Waals surface area contributed by atoms with Gasteiger partial charge in [-0.2, -0.15) is 0 Å². The monoisotopic (exact) mass is 337 g/mol. The molecule has 0 aliphatic carbocycles. The Labute approximate surface area is 137 Å². The predicted molar refractivity (Wildman–Crippen MR) is 88.5 cm³/mol. The van der Waals surface area contributed by atoms with E-state index in [9.17, 15) is 18.7 Å². The van der Waals surface area contributed by atoms with Crippen molar-refractivity contribution in [1.82, 2.24) is 4.90 Å². The number of phenols is 1. The van der Waals surface area contributed by atoms with Crippen molar-refractivity contribution >= 4 is 16.9 Å². The molecule has 0 aliphatic heterocycles. The number of rotatable bonds is 4. The molecule has 0 heterocycles. The maximum atomic E-state index is 13.9. The molecule has 122 valence electrons. The van der Waals surface area contributed by atoms with Gasteiger partial charge in [0.2, 0.25) is 5.12 Å². The molecule has 2 rings (SSSR count). The molecular formula is C17H17F2NO2S. The minimum absolute atomic E-state index is 0.0758. The molecule has 23 heavy (non-hydrogen) atoms. The van der Waals surface area contributed by atoms with E-state index in [4.69, 9.17) is 0 Å². The van der Waals surface area contributed by atoms with Crippen molar-refractivity contribution in [2.75, 3.05) is 14.1 Å². The van der Waals surface area contributed by atoms with E-state index >= 15 is 0 Å². The SMILES string of the molecule is C[C@H](SC(=O)c1cc(-c2ccc(F)cc2F)ccc1O)N(C)C. The molecule has 0 spiro atoms. The molecule has 6 heteroatoms. The number of phenolic OH excluding ortho intramolecular Hbond substituents is 1. The Hall–Kier alpha value is -1.92. The highest BCUT2D eigenvalue weighted by atomic mass is 32.2. The number of benzene rings is 2. The summed E-state index contributed by atoms with van der Waals surface area (Å²) >= 11 is 1.06. The number of carbonyl (C=O) groups excluding carboxylic acids is 1.